The van der Waals surface area contributed by atoms with E-state index in [9.17, 15) is 9.90 Å². The molecule has 2 unspecified atom stereocenters. The SMILES string of the molecule is CCN(CC)c1ccc(C(=O)NCC2CCCC2O)cc1. The fourth-order valence-electron chi connectivity index (χ4n) is 2.99. The van der Waals surface area contributed by atoms with E-state index in [0.29, 0.717) is 12.1 Å². The van der Waals surface area contributed by atoms with Crippen LogP contribution in [0.4, 0.5) is 5.69 Å². The van der Waals surface area contributed by atoms with E-state index in [2.05, 4.69) is 24.1 Å². The van der Waals surface area contributed by atoms with Crippen LogP contribution in [-0.4, -0.2) is 36.8 Å². The number of amides is 1. The summed E-state index contributed by atoms with van der Waals surface area (Å²) in [4.78, 5) is 14.4. The normalized spacial score (nSPS) is 21.3. The van der Waals surface area contributed by atoms with Crippen LogP contribution in [0.2, 0.25) is 0 Å². The van der Waals surface area contributed by atoms with Gasteiger partial charge in [0.05, 0.1) is 6.10 Å². The summed E-state index contributed by atoms with van der Waals surface area (Å²) < 4.78 is 0. The zero-order chi connectivity index (χ0) is 15.2. The van der Waals surface area contributed by atoms with Crippen molar-refractivity contribution in [3.8, 4) is 0 Å². The molecule has 0 aliphatic heterocycles. The molecule has 4 heteroatoms. The molecule has 1 aliphatic rings. The summed E-state index contributed by atoms with van der Waals surface area (Å²) in [5, 5.41) is 12.7. The summed E-state index contributed by atoms with van der Waals surface area (Å²) in [6.07, 6.45) is 2.66. The third kappa shape index (κ3) is 3.97. The molecule has 0 bridgehead atoms. The van der Waals surface area contributed by atoms with E-state index < -0.39 is 0 Å². The van der Waals surface area contributed by atoms with E-state index in [1.54, 1.807) is 0 Å². The van der Waals surface area contributed by atoms with Crippen LogP contribution in [0.5, 0.6) is 0 Å². The van der Waals surface area contributed by atoms with E-state index >= 15 is 0 Å². The van der Waals surface area contributed by atoms with Gasteiger partial charge in [0.25, 0.3) is 5.91 Å². The molecule has 21 heavy (non-hydrogen) atoms. The Morgan fingerprint density at radius 3 is 2.43 bits per heavy atom. The second kappa shape index (κ2) is 7.46. The van der Waals surface area contributed by atoms with Gasteiger partial charge in [0.15, 0.2) is 0 Å². The van der Waals surface area contributed by atoms with Crippen molar-refractivity contribution in [2.45, 2.75) is 39.2 Å². The van der Waals surface area contributed by atoms with Crippen LogP contribution in [0, 0.1) is 5.92 Å². The molecule has 0 saturated heterocycles. The first-order valence-electron chi connectivity index (χ1n) is 7.97. The average Bonchev–Trinajstić information content (AvgIpc) is 2.92. The topological polar surface area (TPSA) is 52.6 Å². The molecule has 1 amide bonds. The van der Waals surface area contributed by atoms with Crippen LogP contribution in [0.1, 0.15) is 43.5 Å². The van der Waals surface area contributed by atoms with Gasteiger partial charge < -0.3 is 15.3 Å². The predicted molar refractivity (Wildman–Crippen MR) is 85.7 cm³/mol. The number of hydrogen-bond donors (Lipinski definition) is 2. The minimum atomic E-state index is -0.254. The summed E-state index contributed by atoms with van der Waals surface area (Å²) >= 11 is 0. The minimum Gasteiger partial charge on any atom is -0.393 e. The van der Waals surface area contributed by atoms with Gasteiger partial charge in [-0.05, 0) is 51.0 Å². The fraction of sp³-hybridized carbons (Fsp3) is 0.588. The number of carbonyl (C=O) groups excluding carboxylic acids is 1. The predicted octanol–water partition coefficient (Wildman–Crippen LogP) is 2.42. The largest absolute Gasteiger partial charge is 0.393 e. The summed E-state index contributed by atoms with van der Waals surface area (Å²) in [5.74, 6) is 0.157. The number of anilines is 1. The zero-order valence-corrected chi connectivity index (χ0v) is 13.0. The van der Waals surface area contributed by atoms with Crippen molar-refractivity contribution in [2.24, 2.45) is 5.92 Å². The van der Waals surface area contributed by atoms with Crippen molar-refractivity contribution in [3.63, 3.8) is 0 Å². The molecule has 4 nitrogen and oxygen atoms in total. The third-order valence-corrected chi connectivity index (χ3v) is 4.40. The molecule has 1 aliphatic carbocycles. The fourth-order valence-corrected chi connectivity index (χ4v) is 2.99. The molecule has 1 aromatic carbocycles. The summed E-state index contributed by atoms with van der Waals surface area (Å²) in [7, 11) is 0. The molecule has 0 spiro atoms. The van der Waals surface area contributed by atoms with Gasteiger partial charge in [-0.2, -0.15) is 0 Å². The third-order valence-electron chi connectivity index (χ3n) is 4.40. The average molecular weight is 290 g/mol. The lowest BCUT2D eigenvalue weighted by atomic mass is 10.1. The number of carbonyl (C=O) groups is 1. The Bertz CT molecular complexity index is 454. The van der Waals surface area contributed by atoms with Crippen molar-refractivity contribution < 1.29 is 9.90 Å². The Labute approximate surface area is 127 Å². The van der Waals surface area contributed by atoms with Crippen LogP contribution in [0.15, 0.2) is 24.3 Å². The van der Waals surface area contributed by atoms with Crippen molar-refractivity contribution in [1.82, 2.24) is 5.32 Å². The summed E-state index contributed by atoms with van der Waals surface area (Å²) in [6.45, 7) is 6.73. The van der Waals surface area contributed by atoms with E-state index in [4.69, 9.17) is 0 Å². The van der Waals surface area contributed by atoms with Gasteiger partial charge in [0.2, 0.25) is 0 Å². The number of rotatable bonds is 6. The number of aliphatic hydroxyl groups is 1. The van der Waals surface area contributed by atoms with Crippen LogP contribution in [0.3, 0.4) is 0 Å². The van der Waals surface area contributed by atoms with Crippen molar-refractivity contribution in [3.05, 3.63) is 29.8 Å². The summed E-state index contributed by atoms with van der Waals surface area (Å²) in [6, 6.07) is 7.72. The smallest absolute Gasteiger partial charge is 0.251 e. The van der Waals surface area contributed by atoms with Crippen molar-refractivity contribution in [2.75, 3.05) is 24.5 Å². The zero-order valence-electron chi connectivity index (χ0n) is 13.0. The van der Waals surface area contributed by atoms with Crippen molar-refractivity contribution in [1.29, 1.82) is 0 Å². The standard InChI is InChI=1S/C17H26N2O2/c1-3-19(4-2)15-10-8-13(9-11-15)17(21)18-12-14-6-5-7-16(14)20/h8-11,14,16,20H,3-7,12H2,1-2H3,(H,18,21). The summed E-state index contributed by atoms with van der Waals surface area (Å²) in [5.41, 5.74) is 1.82. The van der Waals surface area contributed by atoms with E-state index in [1.165, 1.54) is 0 Å². The van der Waals surface area contributed by atoms with Crippen LogP contribution < -0.4 is 10.2 Å². The van der Waals surface area contributed by atoms with Gasteiger partial charge in [0.1, 0.15) is 0 Å². The molecular formula is C17H26N2O2. The van der Waals surface area contributed by atoms with Gasteiger partial charge in [-0.1, -0.05) is 6.42 Å². The Hall–Kier alpha value is -1.55. The second-order valence-electron chi connectivity index (χ2n) is 5.69. The molecule has 2 rings (SSSR count). The highest BCUT2D eigenvalue weighted by Gasteiger charge is 2.25. The van der Waals surface area contributed by atoms with Gasteiger partial charge in [-0.15, -0.1) is 0 Å². The Morgan fingerprint density at radius 2 is 1.90 bits per heavy atom. The lowest BCUT2D eigenvalue weighted by Crippen LogP contribution is -2.32. The molecule has 1 saturated carbocycles. The number of nitrogens with one attached hydrogen (secondary N) is 1. The van der Waals surface area contributed by atoms with Crippen LogP contribution in [-0.2, 0) is 0 Å². The highest BCUT2D eigenvalue weighted by Crippen LogP contribution is 2.24. The van der Waals surface area contributed by atoms with E-state index in [1.807, 2.05) is 24.3 Å². The van der Waals surface area contributed by atoms with Crippen LogP contribution >= 0.6 is 0 Å². The first kappa shape index (κ1) is 15.8. The van der Waals surface area contributed by atoms with Gasteiger partial charge in [-0.3, -0.25) is 4.79 Å². The maximum Gasteiger partial charge on any atom is 0.251 e. The molecular weight excluding hydrogens is 264 g/mol. The Kier molecular flexibility index (Phi) is 5.62. The maximum atomic E-state index is 12.1. The molecule has 2 N–H and O–H groups in total. The van der Waals surface area contributed by atoms with Gasteiger partial charge in [-0.25, -0.2) is 0 Å². The second-order valence-corrected chi connectivity index (χ2v) is 5.69. The number of nitrogens with zero attached hydrogens (tertiary/aromatic N) is 1. The quantitative estimate of drug-likeness (QED) is 0.846. The number of benzene rings is 1. The Balaban J connectivity index is 1.90. The highest BCUT2D eigenvalue weighted by molar-refractivity contribution is 5.94. The molecule has 0 aromatic heterocycles. The molecule has 0 radical (unpaired) electrons. The number of hydrogen-bond acceptors (Lipinski definition) is 3. The lowest BCUT2D eigenvalue weighted by molar-refractivity contribution is 0.0917. The molecule has 1 fully saturated rings. The van der Waals surface area contributed by atoms with Crippen LogP contribution in [0.25, 0.3) is 0 Å². The Morgan fingerprint density at radius 1 is 1.24 bits per heavy atom. The van der Waals surface area contributed by atoms with Crippen molar-refractivity contribution >= 4 is 11.6 Å². The number of aliphatic hydroxyl groups excluding tert-OH is 1. The first-order valence-corrected chi connectivity index (χ1v) is 7.97. The maximum absolute atomic E-state index is 12.1. The lowest BCUT2D eigenvalue weighted by Gasteiger charge is -2.21. The minimum absolute atomic E-state index is 0.0554. The molecule has 1 aromatic rings. The molecule has 116 valence electrons. The van der Waals surface area contributed by atoms with Gasteiger partial charge >= 0.3 is 0 Å². The molecule has 0 heterocycles. The van der Waals surface area contributed by atoms with E-state index in [-0.39, 0.29) is 17.9 Å². The molecule has 2 atom stereocenters. The highest BCUT2D eigenvalue weighted by atomic mass is 16.3. The van der Waals surface area contributed by atoms with E-state index in [0.717, 1.165) is 38.0 Å². The van der Waals surface area contributed by atoms with Gasteiger partial charge in [0, 0.05) is 36.8 Å². The first-order chi connectivity index (χ1) is 10.2. The monoisotopic (exact) mass is 290 g/mol.